The summed E-state index contributed by atoms with van der Waals surface area (Å²) >= 11 is 0. The number of carbonyl (C=O) groups excluding carboxylic acids is 1. The molecule has 0 saturated carbocycles. The highest BCUT2D eigenvalue weighted by atomic mass is 19.1. The van der Waals surface area contributed by atoms with Crippen LogP contribution in [0.3, 0.4) is 0 Å². The highest BCUT2D eigenvalue weighted by molar-refractivity contribution is 6.06. The van der Waals surface area contributed by atoms with Crippen molar-refractivity contribution in [1.82, 2.24) is 0 Å². The van der Waals surface area contributed by atoms with E-state index < -0.39 is 11.7 Å². The number of ether oxygens (including phenoxy) is 1. The first-order chi connectivity index (χ1) is 11.6. The summed E-state index contributed by atoms with van der Waals surface area (Å²) in [5, 5.41) is 15.6. The Balaban J connectivity index is 1.64. The molecule has 2 aromatic rings. The van der Waals surface area contributed by atoms with Crippen molar-refractivity contribution >= 4 is 17.3 Å². The van der Waals surface area contributed by atoms with Gasteiger partial charge in [0.2, 0.25) is 0 Å². The monoisotopic (exact) mass is 330 g/mol. The van der Waals surface area contributed by atoms with Gasteiger partial charge in [0.05, 0.1) is 0 Å². The van der Waals surface area contributed by atoms with E-state index >= 15 is 0 Å². The Hall–Kier alpha value is -2.60. The van der Waals surface area contributed by atoms with Gasteiger partial charge in [-0.15, -0.1) is 0 Å². The van der Waals surface area contributed by atoms with Crippen molar-refractivity contribution in [3.8, 4) is 5.75 Å². The normalized spacial score (nSPS) is 15.0. The fraction of sp³-hybridized carbons (Fsp3) is 0.278. The first-order valence-corrected chi connectivity index (χ1v) is 7.86. The highest BCUT2D eigenvalue weighted by Crippen LogP contribution is 2.22. The van der Waals surface area contributed by atoms with E-state index in [-0.39, 0.29) is 11.3 Å². The van der Waals surface area contributed by atoms with Crippen molar-refractivity contribution in [1.29, 1.82) is 0 Å². The predicted molar refractivity (Wildman–Crippen MR) is 89.9 cm³/mol. The SMILES string of the molecule is O=C(Nc1ccc(NC2CCOCC2)cc1)c1c(O)cccc1F. The average molecular weight is 330 g/mol. The molecule has 1 aliphatic heterocycles. The zero-order chi connectivity index (χ0) is 16.9. The van der Waals surface area contributed by atoms with E-state index in [1.54, 1.807) is 12.1 Å². The molecular formula is C18H19FN2O3. The second kappa shape index (κ2) is 7.31. The smallest absolute Gasteiger partial charge is 0.262 e. The Morgan fingerprint density at radius 1 is 1.08 bits per heavy atom. The van der Waals surface area contributed by atoms with Crippen LogP contribution < -0.4 is 10.6 Å². The van der Waals surface area contributed by atoms with Gasteiger partial charge in [0.25, 0.3) is 5.91 Å². The molecule has 6 heteroatoms. The number of amides is 1. The molecule has 3 rings (SSSR count). The molecule has 24 heavy (non-hydrogen) atoms. The third-order valence-corrected chi connectivity index (χ3v) is 3.95. The number of aromatic hydroxyl groups is 1. The van der Waals surface area contributed by atoms with Crippen LogP contribution >= 0.6 is 0 Å². The van der Waals surface area contributed by atoms with E-state index in [4.69, 9.17) is 4.74 Å². The van der Waals surface area contributed by atoms with Crippen molar-refractivity contribution in [2.45, 2.75) is 18.9 Å². The maximum absolute atomic E-state index is 13.7. The largest absolute Gasteiger partial charge is 0.507 e. The Bertz CT molecular complexity index is 692. The van der Waals surface area contributed by atoms with Gasteiger partial charge in [0.1, 0.15) is 17.1 Å². The van der Waals surface area contributed by atoms with Crippen LogP contribution in [-0.2, 0) is 4.74 Å². The summed E-state index contributed by atoms with van der Waals surface area (Å²) in [6.45, 7) is 1.52. The summed E-state index contributed by atoms with van der Waals surface area (Å²) in [7, 11) is 0. The van der Waals surface area contributed by atoms with Gasteiger partial charge in [-0.1, -0.05) is 6.07 Å². The van der Waals surface area contributed by atoms with Crippen LogP contribution in [0.25, 0.3) is 0 Å². The lowest BCUT2D eigenvalue weighted by molar-refractivity contribution is 0.0904. The van der Waals surface area contributed by atoms with Crippen molar-refractivity contribution in [3.05, 3.63) is 53.8 Å². The number of hydrogen-bond acceptors (Lipinski definition) is 4. The molecule has 0 radical (unpaired) electrons. The van der Waals surface area contributed by atoms with Crippen LogP contribution in [0.5, 0.6) is 5.75 Å². The summed E-state index contributed by atoms with van der Waals surface area (Å²) in [5.74, 6) is -1.83. The second-order valence-corrected chi connectivity index (χ2v) is 5.70. The van der Waals surface area contributed by atoms with Crippen LogP contribution in [0.2, 0.25) is 0 Å². The maximum atomic E-state index is 13.7. The van der Waals surface area contributed by atoms with Crippen molar-refractivity contribution in [2.75, 3.05) is 23.8 Å². The lowest BCUT2D eigenvalue weighted by atomic mass is 10.1. The number of rotatable bonds is 4. The molecule has 0 unspecified atom stereocenters. The van der Waals surface area contributed by atoms with Gasteiger partial charge in [-0.25, -0.2) is 4.39 Å². The number of halogens is 1. The van der Waals surface area contributed by atoms with Crippen LogP contribution in [-0.4, -0.2) is 30.3 Å². The fourth-order valence-electron chi connectivity index (χ4n) is 2.66. The fourth-order valence-corrected chi connectivity index (χ4v) is 2.66. The van der Waals surface area contributed by atoms with Gasteiger partial charge in [-0.3, -0.25) is 4.79 Å². The molecule has 0 atom stereocenters. The van der Waals surface area contributed by atoms with E-state index in [1.165, 1.54) is 12.1 Å². The summed E-state index contributed by atoms with van der Waals surface area (Å²) in [4.78, 5) is 12.1. The molecule has 1 aliphatic rings. The highest BCUT2D eigenvalue weighted by Gasteiger charge is 2.17. The number of carbonyl (C=O) groups is 1. The Morgan fingerprint density at radius 2 is 1.75 bits per heavy atom. The van der Waals surface area contributed by atoms with E-state index in [2.05, 4.69) is 10.6 Å². The van der Waals surface area contributed by atoms with Crippen LogP contribution in [0.1, 0.15) is 23.2 Å². The molecule has 5 nitrogen and oxygen atoms in total. The molecule has 0 aliphatic carbocycles. The van der Waals surface area contributed by atoms with Gasteiger partial charge in [0.15, 0.2) is 0 Å². The Kier molecular flexibility index (Phi) is 4.96. The summed E-state index contributed by atoms with van der Waals surface area (Å²) in [5.41, 5.74) is 1.12. The van der Waals surface area contributed by atoms with E-state index in [0.29, 0.717) is 11.7 Å². The van der Waals surface area contributed by atoms with Gasteiger partial charge in [-0.2, -0.15) is 0 Å². The number of hydrogen-bond donors (Lipinski definition) is 3. The number of phenols is 1. The van der Waals surface area contributed by atoms with Crippen molar-refractivity contribution in [3.63, 3.8) is 0 Å². The maximum Gasteiger partial charge on any atom is 0.262 e. The molecule has 126 valence electrons. The third kappa shape index (κ3) is 3.83. The molecule has 0 bridgehead atoms. The molecule has 2 aromatic carbocycles. The average Bonchev–Trinajstić information content (AvgIpc) is 2.57. The zero-order valence-corrected chi connectivity index (χ0v) is 13.1. The Morgan fingerprint density at radius 3 is 2.42 bits per heavy atom. The third-order valence-electron chi connectivity index (χ3n) is 3.95. The van der Waals surface area contributed by atoms with Gasteiger partial charge >= 0.3 is 0 Å². The topological polar surface area (TPSA) is 70.6 Å². The summed E-state index contributed by atoms with van der Waals surface area (Å²) in [6, 6.07) is 11.3. The standard InChI is InChI=1S/C18H19FN2O3/c19-15-2-1-3-16(22)17(15)18(23)21-13-6-4-12(5-7-13)20-14-8-10-24-11-9-14/h1-7,14,20,22H,8-11H2,(H,21,23). The quantitative estimate of drug-likeness (QED) is 0.804. The van der Waals surface area contributed by atoms with Gasteiger partial charge in [0, 0.05) is 30.6 Å². The minimum Gasteiger partial charge on any atom is -0.507 e. The van der Waals surface area contributed by atoms with E-state index in [9.17, 15) is 14.3 Å². The minimum atomic E-state index is -0.759. The zero-order valence-electron chi connectivity index (χ0n) is 13.1. The van der Waals surface area contributed by atoms with E-state index in [0.717, 1.165) is 37.8 Å². The van der Waals surface area contributed by atoms with Gasteiger partial charge < -0.3 is 20.5 Å². The van der Waals surface area contributed by atoms with Gasteiger partial charge in [-0.05, 0) is 49.2 Å². The number of phenolic OH excluding ortho intramolecular Hbond substituents is 1. The van der Waals surface area contributed by atoms with Crippen LogP contribution in [0, 0.1) is 5.82 Å². The lowest BCUT2D eigenvalue weighted by Crippen LogP contribution is -2.27. The predicted octanol–water partition coefficient (Wildman–Crippen LogP) is 3.37. The lowest BCUT2D eigenvalue weighted by Gasteiger charge is -2.24. The molecule has 1 amide bonds. The minimum absolute atomic E-state index is 0.359. The first kappa shape index (κ1) is 16.3. The van der Waals surface area contributed by atoms with Crippen molar-refractivity contribution in [2.24, 2.45) is 0 Å². The van der Waals surface area contributed by atoms with Crippen LogP contribution in [0.4, 0.5) is 15.8 Å². The second-order valence-electron chi connectivity index (χ2n) is 5.70. The Labute approximate surface area is 139 Å². The van der Waals surface area contributed by atoms with Crippen LogP contribution in [0.15, 0.2) is 42.5 Å². The number of nitrogens with one attached hydrogen (secondary N) is 2. The number of anilines is 2. The number of benzene rings is 2. The molecule has 0 spiro atoms. The molecule has 3 N–H and O–H groups in total. The first-order valence-electron chi connectivity index (χ1n) is 7.86. The van der Waals surface area contributed by atoms with Crippen molar-refractivity contribution < 1.29 is 19.0 Å². The summed E-state index contributed by atoms with van der Waals surface area (Å²) < 4.78 is 19.0. The molecule has 1 fully saturated rings. The summed E-state index contributed by atoms with van der Waals surface area (Å²) in [6.07, 6.45) is 1.93. The van der Waals surface area contributed by atoms with E-state index in [1.807, 2.05) is 12.1 Å². The molecule has 1 saturated heterocycles. The molecular weight excluding hydrogens is 311 g/mol. The molecule has 1 heterocycles. The molecule has 0 aromatic heterocycles.